The fourth-order valence-corrected chi connectivity index (χ4v) is 4.16. The summed E-state index contributed by atoms with van der Waals surface area (Å²) in [6.07, 6.45) is 1.45. The zero-order valence-corrected chi connectivity index (χ0v) is 16.0. The van der Waals surface area contributed by atoms with Gasteiger partial charge in [0, 0.05) is 37.8 Å². The molecule has 0 amide bonds. The summed E-state index contributed by atoms with van der Waals surface area (Å²) >= 11 is 5.85. The molecule has 0 saturated heterocycles. The minimum atomic E-state index is -2.86. The zero-order chi connectivity index (χ0) is 20.8. The van der Waals surface area contributed by atoms with E-state index in [0.29, 0.717) is 0 Å². The van der Waals surface area contributed by atoms with E-state index in [1.165, 1.54) is 17.3 Å². The van der Waals surface area contributed by atoms with E-state index in [1.54, 1.807) is 0 Å². The second-order valence-corrected chi connectivity index (χ2v) is 7.84. The smallest absolute Gasteiger partial charge is 0.250 e. The van der Waals surface area contributed by atoms with Gasteiger partial charge in [0.2, 0.25) is 23.7 Å². The first-order valence-corrected chi connectivity index (χ1v) is 9.53. The van der Waals surface area contributed by atoms with E-state index < -0.39 is 36.8 Å². The monoisotopic (exact) mass is 431 g/mol. The molecule has 2 unspecified atom stereocenters. The van der Waals surface area contributed by atoms with Gasteiger partial charge in [-0.05, 0) is 12.8 Å². The molecule has 4 rings (SSSR count). The molecule has 0 aliphatic heterocycles. The molecule has 2 aromatic heterocycles. The van der Waals surface area contributed by atoms with E-state index in [-0.39, 0.29) is 54.3 Å². The Morgan fingerprint density at radius 2 is 1.55 bits per heavy atom. The van der Waals surface area contributed by atoms with Gasteiger partial charge in [0.15, 0.2) is 5.82 Å². The predicted molar refractivity (Wildman–Crippen MR) is 97.9 cm³/mol. The van der Waals surface area contributed by atoms with Gasteiger partial charge in [-0.25, -0.2) is 22.5 Å². The van der Waals surface area contributed by atoms with Crippen molar-refractivity contribution in [2.45, 2.75) is 62.5 Å². The van der Waals surface area contributed by atoms with Crippen LogP contribution in [0.25, 0.3) is 11.5 Å². The number of halogens is 5. The largest absolute Gasteiger partial charge is 0.368 e. The highest BCUT2D eigenvalue weighted by Crippen LogP contribution is 2.44. The van der Waals surface area contributed by atoms with Crippen molar-refractivity contribution in [2.24, 2.45) is 0 Å². The summed E-state index contributed by atoms with van der Waals surface area (Å²) in [5.41, 5.74) is 6.02. The minimum absolute atomic E-state index is 0.0142. The molecule has 0 aromatic carbocycles. The third-order valence-corrected chi connectivity index (χ3v) is 5.43. The van der Waals surface area contributed by atoms with E-state index in [4.69, 9.17) is 17.3 Å². The maximum absolute atomic E-state index is 13.9. The molecule has 0 bridgehead atoms. The van der Waals surface area contributed by atoms with E-state index >= 15 is 0 Å². The molecular weight excluding hydrogens is 414 g/mol. The SMILES string of the molecule is Nc1nc(-c2cncc(Cl)n2)nc(N(C2CCC(F)(F)C2)C2CCC(F)(F)C2)n1. The summed E-state index contributed by atoms with van der Waals surface area (Å²) in [7, 11) is 0. The first kappa shape index (κ1) is 20.0. The lowest BCUT2D eigenvalue weighted by atomic mass is 10.1. The van der Waals surface area contributed by atoms with Gasteiger partial charge in [-0.1, -0.05) is 11.6 Å². The van der Waals surface area contributed by atoms with Crippen molar-refractivity contribution in [3.63, 3.8) is 0 Å². The Hall–Kier alpha value is -2.30. The van der Waals surface area contributed by atoms with Crippen LogP contribution in [0.3, 0.4) is 0 Å². The highest BCUT2D eigenvalue weighted by molar-refractivity contribution is 6.29. The van der Waals surface area contributed by atoms with Crippen LogP contribution >= 0.6 is 11.6 Å². The summed E-state index contributed by atoms with van der Waals surface area (Å²) in [5.74, 6) is -5.86. The standard InChI is InChI=1S/C17H18ClF4N7/c18-12-8-24-7-11(25-12)13-26-14(23)28-15(27-13)29(9-1-3-16(19,20)5-9)10-2-4-17(21,22)6-10/h7-10H,1-6H2,(H2,23,26,27,28). The number of alkyl halides is 4. The van der Waals surface area contributed by atoms with E-state index in [0.717, 1.165) is 0 Å². The molecule has 2 aliphatic rings. The normalized spacial score (nSPS) is 25.3. The number of rotatable bonds is 4. The number of nitrogens with zero attached hydrogens (tertiary/aromatic N) is 6. The van der Waals surface area contributed by atoms with E-state index in [1.807, 2.05) is 0 Å². The number of anilines is 2. The van der Waals surface area contributed by atoms with Gasteiger partial charge in [-0.3, -0.25) is 4.98 Å². The molecule has 0 spiro atoms. The average Bonchev–Trinajstić information content (AvgIpc) is 3.16. The van der Waals surface area contributed by atoms with Gasteiger partial charge in [0.25, 0.3) is 0 Å². The molecule has 2 fully saturated rings. The van der Waals surface area contributed by atoms with Crippen molar-refractivity contribution < 1.29 is 17.6 Å². The van der Waals surface area contributed by atoms with Crippen LogP contribution in [0.15, 0.2) is 12.4 Å². The lowest BCUT2D eigenvalue weighted by Gasteiger charge is -2.34. The van der Waals surface area contributed by atoms with Crippen molar-refractivity contribution in [3.8, 4) is 11.5 Å². The molecule has 2 heterocycles. The number of nitrogens with two attached hydrogens (primary N) is 1. The third-order valence-electron chi connectivity index (χ3n) is 5.25. The summed E-state index contributed by atoms with van der Waals surface area (Å²) in [6, 6.07) is -1.35. The molecular formula is C17H18ClF4N7. The highest BCUT2D eigenvalue weighted by atomic mass is 35.5. The zero-order valence-electron chi connectivity index (χ0n) is 15.2. The third kappa shape index (κ3) is 4.34. The Morgan fingerprint density at radius 1 is 0.931 bits per heavy atom. The van der Waals surface area contributed by atoms with Crippen LogP contribution in [0.1, 0.15) is 38.5 Å². The number of hydrogen-bond acceptors (Lipinski definition) is 7. The lowest BCUT2D eigenvalue weighted by molar-refractivity contribution is 0.00541. The number of hydrogen-bond donors (Lipinski definition) is 1. The van der Waals surface area contributed by atoms with E-state index in [9.17, 15) is 17.6 Å². The summed E-state index contributed by atoms with van der Waals surface area (Å²) in [4.78, 5) is 21.8. The van der Waals surface area contributed by atoms with Crippen LogP contribution in [0.4, 0.5) is 29.5 Å². The topological polar surface area (TPSA) is 93.7 Å². The lowest BCUT2D eigenvalue weighted by Crippen LogP contribution is -2.43. The molecule has 0 radical (unpaired) electrons. The first-order valence-electron chi connectivity index (χ1n) is 9.15. The fourth-order valence-electron chi connectivity index (χ4n) is 4.01. The maximum Gasteiger partial charge on any atom is 0.250 e. The van der Waals surface area contributed by atoms with E-state index in [2.05, 4.69) is 24.9 Å². The summed E-state index contributed by atoms with van der Waals surface area (Å²) in [5, 5.41) is 0.103. The molecule has 2 saturated carbocycles. The van der Waals surface area contributed by atoms with Gasteiger partial charge in [-0.2, -0.15) is 15.0 Å². The molecule has 7 nitrogen and oxygen atoms in total. The Morgan fingerprint density at radius 3 is 2.07 bits per heavy atom. The second-order valence-electron chi connectivity index (χ2n) is 7.46. The quantitative estimate of drug-likeness (QED) is 0.737. The Labute approximate surface area is 168 Å². The van der Waals surface area contributed by atoms with Crippen molar-refractivity contribution in [3.05, 3.63) is 17.5 Å². The van der Waals surface area contributed by atoms with Gasteiger partial charge in [0.1, 0.15) is 10.8 Å². The van der Waals surface area contributed by atoms with Gasteiger partial charge in [-0.15, -0.1) is 0 Å². The van der Waals surface area contributed by atoms with Gasteiger partial charge < -0.3 is 10.6 Å². The summed E-state index contributed by atoms with van der Waals surface area (Å²) < 4.78 is 55.6. The van der Waals surface area contributed by atoms with Crippen LogP contribution in [-0.2, 0) is 0 Å². The molecule has 2 atom stereocenters. The van der Waals surface area contributed by atoms with Gasteiger partial charge >= 0.3 is 0 Å². The van der Waals surface area contributed by atoms with Crippen LogP contribution in [0.2, 0.25) is 5.15 Å². The van der Waals surface area contributed by atoms with Crippen molar-refractivity contribution in [2.75, 3.05) is 10.6 Å². The Balaban J connectivity index is 1.74. The average molecular weight is 432 g/mol. The molecule has 2 N–H and O–H groups in total. The molecule has 156 valence electrons. The fraction of sp³-hybridized carbons (Fsp3) is 0.588. The van der Waals surface area contributed by atoms with Crippen molar-refractivity contribution in [1.82, 2.24) is 24.9 Å². The van der Waals surface area contributed by atoms with Crippen molar-refractivity contribution >= 4 is 23.5 Å². The molecule has 29 heavy (non-hydrogen) atoms. The van der Waals surface area contributed by atoms with Crippen LogP contribution < -0.4 is 10.6 Å². The van der Waals surface area contributed by atoms with Crippen molar-refractivity contribution in [1.29, 1.82) is 0 Å². The second kappa shape index (κ2) is 7.19. The Bertz CT molecular complexity index is 887. The number of nitrogen functional groups attached to an aromatic ring is 1. The predicted octanol–water partition coefficient (Wildman–Crippen LogP) is 3.75. The molecule has 2 aliphatic carbocycles. The molecule has 2 aromatic rings. The highest BCUT2D eigenvalue weighted by Gasteiger charge is 2.49. The maximum atomic E-state index is 13.9. The van der Waals surface area contributed by atoms with Crippen LogP contribution in [-0.4, -0.2) is 48.8 Å². The first-order chi connectivity index (χ1) is 13.6. The van der Waals surface area contributed by atoms with Gasteiger partial charge in [0.05, 0.1) is 12.4 Å². The molecule has 12 heteroatoms. The Kier molecular flexibility index (Phi) is 4.96. The van der Waals surface area contributed by atoms with Crippen LogP contribution in [0.5, 0.6) is 0 Å². The minimum Gasteiger partial charge on any atom is -0.368 e. The summed E-state index contributed by atoms with van der Waals surface area (Å²) in [6.45, 7) is 0. The van der Waals surface area contributed by atoms with Crippen LogP contribution in [0, 0.1) is 0 Å². The number of aromatic nitrogens is 5.